The van der Waals surface area contributed by atoms with Gasteiger partial charge in [0.05, 0.1) is 0 Å². The number of hydrogen-bond donors (Lipinski definition) is 0. The van der Waals surface area contributed by atoms with Gasteiger partial charge >= 0.3 is 93.7 Å². The summed E-state index contributed by atoms with van der Waals surface area (Å²) in [4.78, 5) is 0. The van der Waals surface area contributed by atoms with Crippen molar-refractivity contribution >= 4 is 33.0 Å². The molecule has 4 heteroatoms. The zero-order valence-corrected chi connectivity index (χ0v) is 12.1. The third kappa shape index (κ3) is 4.10. The van der Waals surface area contributed by atoms with Gasteiger partial charge in [-0.25, -0.2) is 0 Å². The summed E-state index contributed by atoms with van der Waals surface area (Å²) in [5.74, 6) is 0. The minimum absolute atomic E-state index is 0. The monoisotopic (exact) mass is 282 g/mol. The second kappa shape index (κ2) is 8.13. The fourth-order valence-corrected chi connectivity index (χ4v) is 3.64. The Morgan fingerprint density at radius 2 is 0.938 bits per heavy atom. The SMILES string of the molecule is [Al+2][P](c1ccccc1)c1ccccc1.[Cl-].[Cl-]. The van der Waals surface area contributed by atoms with E-state index in [0.29, 0.717) is 0 Å². The Hall–Kier alpha value is -0.0175. The van der Waals surface area contributed by atoms with Crippen molar-refractivity contribution in [3.63, 3.8) is 0 Å². The molecule has 0 saturated heterocycles. The van der Waals surface area contributed by atoms with Crippen LogP contribution < -0.4 is 35.4 Å². The summed E-state index contributed by atoms with van der Waals surface area (Å²) < 4.78 is 0. The van der Waals surface area contributed by atoms with Crippen LogP contribution in [0.15, 0.2) is 60.7 Å². The summed E-state index contributed by atoms with van der Waals surface area (Å²) in [5, 5.41) is 2.80. The normalized spacial score (nSPS) is 9.19. The van der Waals surface area contributed by atoms with Crippen LogP contribution in [0.5, 0.6) is 0 Å². The third-order valence-electron chi connectivity index (χ3n) is 2.07. The zero-order valence-electron chi connectivity index (χ0n) is 8.55. The van der Waals surface area contributed by atoms with Gasteiger partial charge < -0.3 is 24.8 Å². The fourth-order valence-electron chi connectivity index (χ4n) is 1.33. The summed E-state index contributed by atoms with van der Waals surface area (Å²) in [6, 6.07) is 21.2. The van der Waals surface area contributed by atoms with Gasteiger partial charge in [0.2, 0.25) is 0 Å². The molecule has 0 bridgehead atoms. The molecule has 16 heavy (non-hydrogen) atoms. The van der Waals surface area contributed by atoms with Gasteiger partial charge in [0, 0.05) is 0 Å². The molecule has 2 aromatic carbocycles. The van der Waals surface area contributed by atoms with E-state index in [1.165, 1.54) is 10.6 Å². The predicted molar refractivity (Wildman–Crippen MR) is 64.8 cm³/mol. The molecule has 0 aliphatic heterocycles. The summed E-state index contributed by atoms with van der Waals surface area (Å²) >= 11 is 2.95. The average Bonchev–Trinajstić information content (AvgIpc) is 2.30. The molecular weight excluding hydrogens is 273 g/mol. The van der Waals surface area contributed by atoms with E-state index < -0.39 is 0 Å². The number of rotatable bonds is 2. The third-order valence-corrected chi connectivity index (χ3v) is 5.57. The van der Waals surface area contributed by atoms with E-state index in [-0.39, 0.29) is 31.4 Å². The fraction of sp³-hybridized carbons (Fsp3) is 0. The Balaban J connectivity index is 0.00000112. The van der Waals surface area contributed by atoms with Crippen molar-refractivity contribution in [2.45, 2.75) is 0 Å². The zero-order chi connectivity index (χ0) is 9.80. The minimum Gasteiger partial charge on any atom is -1.00 e. The minimum atomic E-state index is -0.254. The van der Waals surface area contributed by atoms with E-state index in [0.717, 1.165) is 0 Å². The second-order valence-corrected chi connectivity index (χ2v) is 6.36. The Labute approximate surface area is 118 Å². The van der Waals surface area contributed by atoms with Crippen molar-refractivity contribution in [3.8, 4) is 0 Å². The van der Waals surface area contributed by atoms with E-state index in [1.807, 2.05) is 0 Å². The average molecular weight is 283 g/mol. The number of benzene rings is 2. The molecule has 0 unspecified atom stereocenters. The van der Waals surface area contributed by atoms with Gasteiger partial charge in [0.15, 0.2) is 0 Å². The first-order valence-corrected chi connectivity index (χ1v) is 7.49. The molecular formula is C12H10AlCl2P. The van der Waals surface area contributed by atoms with Crippen LogP contribution in [0.1, 0.15) is 0 Å². The molecule has 0 atom stereocenters. The standard InChI is InChI=1S/C12H10P.Al.2ClH/c1-3-7-11(8-4-1)13-12-9-5-2-6-10-12;;;/h1-10H;;2*1H/q-1;+3;;/p-2. The van der Waals surface area contributed by atoms with E-state index in [4.69, 9.17) is 0 Å². The molecule has 0 nitrogen and oxygen atoms in total. The number of hydrogen-bond acceptors (Lipinski definition) is 0. The summed E-state index contributed by atoms with van der Waals surface area (Å²) in [6.45, 7) is -0.254. The Kier molecular flexibility index (Phi) is 8.12. The van der Waals surface area contributed by atoms with Crippen molar-refractivity contribution in [1.29, 1.82) is 0 Å². The van der Waals surface area contributed by atoms with E-state index in [9.17, 15) is 0 Å². The van der Waals surface area contributed by atoms with Crippen LogP contribution in [-0.4, -0.2) is 15.8 Å². The summed E-state index contributed by atoms with van der Waals surface area (Å²) in [7, 11) is 0. The van der Waals surface area contributed by atoms with Crippen LogP contribution in [0, 0.1) is 0 Å². The molecule has 0 fully saturated rings. The molecule has 0 saturated carbocycles. The summed E-state index contributed by atoms with van der Waals surface area (Å²) in [5.41, 5.74) is 0. The Morgan fingerprint density at radius 3 is 1.25 bits per heavy atom. The summed E-state index contributed by atoms with van der Waals surface area (Å²) in [6.07, 6.45) is 0. The molecule has 0 aromatic heterocycles. The molecule has 2 aromatic rings. The van der Waals surface area contributed by atoms with Crippen LogP contribution in [0.3, 0.4) is 0 Å². The van der Waals surface area contributed by atoms with Gasteiger partial charge in [-0.3, -0.25) is 0 Å². The van der Waals surface area contributed by atoms with Gasteiger partial charge in [0.1, 0.15) is 0 Å². The Morgan fingerprint density at radius 1 is 0.625 bits per heavy atom. The molecule has 0 aliphatic rings. The molecule has 0 amide bonds. The van der Waals surface area contributed by atoms with Gasteiger partial charge in [-0.15, -0.1) is 0 Å². The largest absolute Gasteiger partial charge is 1.00 e. The Bertz CT molecular complexity index is 355. The van der Waals surface area contributed by atoms with Crippen molar-refractivity contribution < 1.29 is 24.8 Å². The van der Waals surface area contributed by atoms with Crippen LogP contribution in [-0.2, 0) is 0 Å². The van der Waals surface area contributed by atoms with E-state index >= 15 is 0 Å². The van der Waals surface area contributed by atoms with Crippen molar-refractivity contribution in [2.75, 3.05) is 0 Å². The number of halogens is 2. The predicted octanol–water partition coefficient (Wildman–Crippen LogP) is -3.79. The first-order valence-electron chi connectivity index (χ1n) is 4.53. The molecule has 0 spiro atoms. The van der Waals surface area contributed by atoms with Gasteiger partial charge in [-0.2, -0.15) is 0 Å². The first kappa shape index (κ1) is 16.0. The smallest absolute Gasteiger partial charge is 1.00 e. The molecule has 0 N–H and O–H groups in total. The van der Waals surface area contributed by atoms with Crippen molar-refractivity contribution in [2.24, 2.45) is 0 Å². The van der Waals surface area contributed by atoms with Crippen LogP contribution in [0.4, 0.5) is 0 Å². The molecule has 80 valence electrons. The van der Waals surface area contributed by atoms with E-state index in [2.05, 4.69) is 76.5 Å². The van der Waals surface area contributed by atoms with Crippen molar-refractivity contribution in [3.05, 3.63) is 60.7 Å². The maximum absolute atomic E-state index is 2.95. The molecule has 0 aliphatic carbocycles. The molecule has 0 radical (unpaired) electrons. The second-order valence-electron chi connectivity index (χ2n) is 3.04. The van der Waals surface area contributed by atoms with Crippen LogP contribution in [0.25, 0.3) is 0 Å². The van der Waals surface area contributed by atoms with E-state index in [1.54, 1.807) is 0 Å². The van der Waals surface area contributed by atoms with Gasteiger partial charge in [0.25, 0.3) is 0 Å². The van der Waals surface area contributed by atoms with Crippen LogP contribution in [0.2, 0.25) is 0 Å². The maximum Gasteiger partial charge on any atom is -1.00 e. The molecule has 2 rings (SSSR count). The molecule has 0 heterocycles. The van der Waals surface area contributed by atoms with Gasteiger partial charge in [-0.1, -0.05) is 0 Å². The van der Waals surface area contributed by atoms with Gasteiger partial charge in [-0.05, 0) is 0 Å². The topological polar surface area (TPSA) is 0 Å². The quantitative estimate of drug-likeness (QED) is 0.392. The maximum atomic E-state index is 2.95. The van der Waals surface area contributed by atoms with Crippen LogP contribution >= 0.6 is 6.57 Å². The first-order chi connectivity index (χ1) is 6.88. The van der Waals surface area contributed by atoms with Crippen molar-refractivity contribution in [1.82, 2.24) is 0 Å².